The number of rotatable bonds is 4. The molecular weight excluding hydrogens is 356 g/mol. The van der Waals surface area contributed by atoms with E-state index in [-0.39, 0.29) is 11.3 Å². The molecule has 3 rings (SSSR count). The fourth-order valence-electron chi connectivity index (χ4n) is 2.99. The first-order chi connectivity index (χ1) is 12.9. The van der Waals surface area contributed by atoms with Crippen LogP contribution in [0.15, 0.2) is 42.5 Å². The van der Waals surface area contributed by atoms with E-state index in [9.17, 15) is 30.1 Å². The summed E-state index contributed by atoms with van der Waals surface area (Å²) in [5, 5.41) is 31.9. The third kappa shape index (κ3) is 3.78. The van der Waals surface area contributed by atoms with Crippen molar-refractivity contribution in [2.45, 2.75) is 0 Å². The Morgan fingerprint density at radius 3 is 2.00 bits per heavy atom. The Bertz CT molecular complexity index is 876. The van der Waals surface area contributed by atoms with Crippen molar-refractivity contribution >= 4 is 23.0 Å². The fourth-order valence-corrected chi connectivity index (χ4v) is 2.99. The van der Waals surface area contributed by atoms with Crippen LogP contribution in [0.1, 0.15) is 10.4 Å². The van der Waals surface area contributed by atoms with Crippen molar-refractivity contribution in [1.82, 2.24) is 4.90 Å². The quantitative estimate of drug-likeness (QED) is 0.643. The van der Waals surface area contributed by atoms with E-state index in [1.165, 1.54) is 4.90 Å². The summed E-state index contributed by atoms with van der Waals surface area (Å²) in [4.78, 5) is 36.5. The van der Waals surface area contributed by atoms with Gasteiger partial charge >= 0.3 is 0 Å². The Labute approximate surface area is 153 Å². The molecule has 10 heteroatoms. The molecule has 1 saturated heterocycles. The highest BCUT2D eigenvalue weighted by Crippen LogP contribution is 2.28. The summed E-state index contributed by atoms with van der Waals surface area (Å²) in [5.74, 6) is -0.356. The van der Waals surface area contributed by atoms with Crippen LogP contribution in [0.5, 0.6) is 5.75 Å². The number of phenolic OH excluding ortho intramolecular Hbond substituents is 1. The minimum absolute atomic E-state index is 0.0908. The molecule has 0 aromatic heterocycles. The number of benzene rings is 2. The largest absolute Gasteiger partial charge is 0.506 e. The number of phenols is 1. The number of anilines is 1. The average Bonchev–Trinajstić information content (AvgIpc) is 2.67. The number of hydrogen-bond donors (Lipinski definition) is 1. The van der Waals surface area contributed by atoms with Crippen molar-refractivity contribution in [3.8, 4) is 5.75 Å². The molecule has 1 heterocycles. The van der Waals surface area contributed by atoms with Gasteiger partial charge in [-0.2, -0.15) is 0 Å². The summed E-state index contributed by atoms with van der Waals surface area (Å²) in [7, 11) is 0. The normalized spacial score (nSPS) is 14.1. The lowest BCUT2D eigenvalue weighted by Crippen LogP contribution is -2.48. The van der Waals surface area contributed by atoms with Gasteiger partial charge in [0.15, 0.2) is 0 Å². The highest BCUT2D eigenvalue weighted by atomic mass is 16.6. The van der Waals surface area contributed by atoms with Gasteiger partial charge in [-0.1, -0.05) is 12.1 Å². The lowest BCUT2D eigenvalue weighted by molar-refractivity contribution is -0.394. The summed E-state index contributed by atoms with van der Waals surface area (Å²) >= 11 is 0. The Balaban J connectivity index is 1.77. The molecule has 1 N–H and O–H groups in total. The molecular formula is C17H16N4O6. The molecule has 140 valence electrons. The van der Waals surface area contributed by atoms with Crippen LogP contribution in [-0.4, -0.2) is 51.9 Å². The second kappa shape index (κ2) is 7.28. The van der Waals surface area contributed by atoms with Gasteiger partial charge in [0.2, 0.25) is 0 Å². The maximum absolute atomic E-state index is 12.7. The molecule has 0 aliphatic carbocycles. The molecule has 0 spiro atoms. The highest BCUT2D eigenvalue weighted by molar-refractivity contribution is 5.95. The van der Waals surface area contributed by atoms with E-state index in [1.54, 1.807) is 24.3 Å². The van der Waals surface area contributed by atoms with Gasteiger partial charge in [0, 0.05) is 38.3 Å². The van der Waals surface area contributed by atoms with Gasteiger partial charge in [0.05, 0.1) is 27.2 Å². The summed E-state index contributed by atoms with van der Waals surface area (Å²) in [6.07, 6.45) is 0. The van der Waals surface area contributed by atoms with Crippen LogP contribution in [0.2, 0.25) is 0 Å². The van der Waals surface area contributed by atoms with Crippen LogP contribution in [0.25, 0.3) is 0 Å². The molecule has 2 aromatic rings. The van der Waals surface area contributed by atoms with Gasteiger partial charge in [-0.3, -0.25) is 25.0 Å². The number of nitro groups is 2. The van der Waals surface area contributed by atoms with E-state index in [4.69, 9.17) is 0 Å². The van der Waals surface area contributed by atoms with Gasteiger partial charge in [-0.15, -0.1) is 0 Å². The zero-order valence-electron chi connectivity index (χ0n) is 14.1. The van der Waals surface area contributed by atoms with E-state index in [1.807, 2.05) is 4.90 Å². The minimum Gasteiger partial charge on any atom is -0.506 e. The number of carbonyl (C=O) groups is 1. The SMILES string of the molecule is O=C(c1cc([N+](=O)[O-])cc([N+](=O)[O-])c1)N1CCN(c2ccccc2O)CC1. The zero-order valence-corrected chi connectivity index (χ0v) is 14.1. The molecule has 0 unspecified atom stereocenters. The number of nitrogens with zero attached hydrogens (tertiary/aromatic N) is 4. The molecule has 1 amide bonds. The third-order valence-electron chi connectivity index (χ3n) is 4.36. The molecule has 0 bridgehead atoms. The molecule has 0 radical (unpaired) electrons. The average molecular weight is 372 g/mol. The Hall–Kier alpha value is -3.69. The predicted octanol–water partition coefficient (Wildman–Crippen LogP) is 2.17. The second-order valence-electron chi connectivity index (χ2n) is 6.02. The number of hydrogen-bond acceptors (Lipinski definition) is 7. The molecule has 0 saturated carbocycles. The van der Waals surface area contributed by atoms with Crippen LogP contribution >= 0.6 is 0 Å². The molecule has 2 aromatic carbocycles. The monoisotopic (exact) mass is 372 g/mol. The predicted molar refractivity (Wildman–Crippen MR) is 96.0 cm³/mol. The molecule has 10 nitrogen and oxygen atoms in total. The van der Waals surface area contributed by atoms with Crippen molar-refractivity contribution in [3.63, 3.8) is 0 Å². The summed E-state index contributed by atoms with van der Waals surface area (Å²) in [6.45, 7) is 1.56. The van der Waals surface area contributed by atoms with Crippen LogP contribution in [-0.2, 0) is 0 Å². The minimum atomic E-state index is -0.764. The van der Waals surface area contributed by atoms with Crippen LogP contribution in [0.4, 0.5) is 17.1 Å². The van der Waals surface area contributed by atoms with Gasteiger partial charge in [-0.25, -0.2) is 0 Å². The van der Waals surface area contributed by atoms with E-state index >= 15 is 0 Å². The smallest absolute Gasteiger partial charge is 0.277 e. The first-order valence-corrected chi connectivity index (χ1v) is 8.13. The lowest BCUT2D eigenvalue weighted by atomic mass is 10.1. The van der Waals surface area contributed by atoms with E-state index < -0.39 is 27.1 Å². The van der Waals surface area contributed by atoms with Crippen molar-refractivity contribution in [2.75, 3.05) is 31.1 Å². The summed E-state index contributed by atoms with van der Waals surface area (Å²) in [6, 6.07) is 9.79. The van der Waals surface area contributed by atoms with Crippen molar-refractivity contribution < 1.29 is 19.7 Å². The van der Waals surface area contributed by atoms with E-state index in [2.05, 4.69) is 0 Å². The molecule has 1 aliphatic rings. The Kier molecular flexibility index (Phi) is 4.88. The number of carbonyl (C=O) groups excluding carboxylic acids is 1. The summed E-state index contributed by atoms with van der Waals surface area (Å²) in [5.41, 5.74) is -0.428. The third-order valence-corrected chi connectivity index (χ3v) is 4.36. The van der Waals surface area contributed by atoms with Crippen molar-refractivity contribution in [3.05, 3.63) is 68.3 Å². The van der Waals surface area contributed by atoms with Gasteiger partial charge in [0.1, 0.15) is 5.75 Å². The molecule has 1 fully saturated rings. The standard InChI is InChI=1S/C17H16N4O6/c22-16-4-2-1-3-15(16)18-5-7-19(8-6-18)17(23)12-9-13(20(24)25)11-14(10-12)21(26)27/h1-4,9-11,22H,5-8H2. The van der Waals surface area contributed by atoms with E-state index in [0.717, 1.165) is 18.2 Å². The lowest BCUT2D eigenvalue weighted by Gasteiger charge is -2.36. The van der Waals surface area contributed by atoms with Crippen LogP contribution < -0.4 is 4.90 Å². The van der Waals surface area contributed by atoms with Gasteiger partial charge < -0.3 is 14.9 Å². The topological polar surface area (TPSA) is 130 Å². The second-order valence-corrected chi connectivity index (χ2v) is 6.02. The number of aromatic hydroxyl groups is 1. The zero-order chi connectivity index (χ0) is 19.6. The maximum Gasteiger partial charge on any atom is 0.277 e. The Morgan fingerprint density at radius 1 is 0.926 bits per heavy atom. The molecule has 1 aliphatic heterocycles. The maximum atomic E-state index is 12.7. The van der Waals surface area contributed by atoms with Gasteiger partial charge in [-0.05, 0) is 12.1 Å². The number of para-hydroxylation sites is 2. The first-order valence-electron chi connectivity index (χ1n) is 8.13. The van der Waals surface area contributed by atoms with E-state index in [0.29, 0.717) is 31.9 Å². The first kappa shape index (κ1) is 18.1. The van der Waals surface area contributed by atoms with Crippen LogP contribution in [0, 0.1) is 20.2 Å². The van der Waals surface area contributed by atoms with Crippen LogP contribution in [0.3, 0.4) is 0 Å². The highest BCUT2D eigenvalue weighted by Gasteiger charge is 2.26. The van der Waals surface area contributed by atoms with Crippen molar-refractivity contribution in [1.29, 1.82) is 0 Å². The van der Waals surface area contributed by atoms with Gasteiger partial charge in [0.25, 0.3) is 17.3 Å². The van der Waals surface area contributed by atoms with Crippen molar-refractivity contribution in [2.24, 2.45) is 0 Å². The summed E-state index contributed by atoms with van der Waals surface area (Å²) < 4.78 is 0. The fraction of sp³-hybridized carbons (Fsp3) is 0.235. The number of nitro benzene ring substituents is 2. The number of amides is 1. The number of piperazine rings is 1. The molecule has 27 heavy (non-hydrogen) atoms. The molecule has 0 atom stereocenters. The number of non-ortho nitro benzene ring substituents is 2. The Morgan fingerprint density at radius 2 is 1.48 bits per heavy atom.